The number of halogens is 1. The summed E-state index contributed by atoms with van der Waals surface area (Å²) in [5.74, 6) is -10.6. The molecule has 0 aliphatic heterocycles. The van der Waals surface area contributed by atoms with Crippen LogP contribution in [0.3, 0.4) is 0 Å². The first-order chi connectivity index (χ1) is 16.9. The van der Waals surface area contributed by atoms with Gasteiger partial charge in [-0.05, 0) is 68.2 Å². The van der Waals surface area contributed by atoms with Crippen molar-refractivity contribution in [3.8, 4) is 16.2 Å². The largest absolute Gasteiger partial charge is 0.507 e. The molecule has 6 atom stereocenters. The van der Waals surface area contributed by atoms with Crippen LogP contribution in [0.1, 0.15) is 22.3 Å². The number of rotatable bonds is 3. The van der Waals surface area contributed by atoms with Gasteiger partial charge in [-0.15, -0.1) is 11.3 Å². The van der Waals surface area contributed by atoms with E-state index in [0.29, 0.717) is 15.5 Å². The molecular formula is C25H23ClN2O7S. The Bertz CT molecular complexity index is 1370. The van der Waals surface area contributed by atoms with Gasteiger partial charge in [-0.2, -0.15) is 0 Å². The Morgan fingerprint density at radius 1 is 1.14 bits per heavy atom. The van der Waals surface area contributed by atoms with E-state index in [1.807, 2.05) is 0 Å². The maximum absolute atomic E-state index is 13.8. The Morgan fingerprint density at radius 3 is 2.42 bits per heavy atom. The van der Waals surface area contributed by atoms with Crippen LogP contribution in [0.5, 0.6) is 5.75 Å². The van der Waals surface area contributed by atoms with E-state index >= 15 is 0 Å². The molecule has 0 spiro atoms. The maximum Gasteiger partial charge on any atom is 0.235 e. The number of nitrogens with two attached hydrogens (primary N) is 1. The number of phenols is 1. The van der Waals surface area contributed by atoms with Crippen molar-refractivity contribution in [2.24, 2.45) is 29.4 Å². The number of hydrogen-bond donors (Lipinski definition) is 3. The van der Waals surface area contributed by atoms with E-state index in [2.05, 4.69) is 0 Å². The Morgan fingerprint density at radius 2 is 1.83 bits per heavy atom. The molecule has 1 heterocycles. The molecule has 11 heteroatoms. The molecule has 0 bridgehead atoms. The normalized spacial score (nSPS) is 31.8. The number of benzene rings is 1. The standard InChI is InChI=1S/C25H23ClN2O7S/c1-28(2)19-12-8-9-7-11-10(14-5-6-15(26)36-14)3-4-13(29)17(11)20(30)16(9)22(32)25(12,35)23(33)18(21(19)31)24(27)34/h3-6,9,12,16,18-19,29,35H,7-8H2,1-2H3,(H2,27,34)/t9-,12-,16?,18?,19-,25-/m0/s1. The number of carbonyl (C=O) groups excluding carboxylic acids is 5. The van der Waals surface area contributed by atoms with Gasteiger partial charge in [-0.1, -0.05) is 11.6 Å². The number of fused-ring (bicyclic) bond motifs is 3. The third-order valence-electron chi connectivity index (χ3n) is 7.78. The molecule has 0 saturated heterocycles. The molecule has 3 aliphatic rings. The zero-order valence-electron chi connectivity index (χ0n) is 19.4. The second-order valence-corrected chi connectivity index (χ2v) is 11.6. The lowest BCUT2D eigenvalue weighted by Crippen LogP contribution is -2.74. The van der Waals surface area contributed by atoms with Crippen molar-refractivity contribution >= 4 is 52.0 Å². The van der Waals surface area contributed by atoms with E-state index in [1.54, 1.807) is 32.3 Å². The molecule has 2 saturated carbocycles. The zero-order valence-corrected chi connectivity index (χ0v) is 20.9. The SMILES string of the molecule is CN(C)[C@@H]1C(=O)C(C(N)=O)C(=O)[C@@]2(O)C(=O)C3C(=O)c4c(O)ccc(-c5ccc(Cl)s5)c4C[C@H]3C[C@@H]12. The van der Waals surface area contributed by atoms with Gasteiger partial charge in [0.05, 0.1) is 21.9 Å². The number of likely N-dealkylation sites (N-methyl/N-ethyl adjacent to an activating group) is 1. The first kappa shape index (κ1) is 24.8. The van der Waals surface area contributed by atoms with Crippen molar-refractivity contribution in [2.45, 2.75) is 24.5 Å². The number of amides is 1. The number of primary amides is 1. The summed E-state index contributed by atoms with van der Waals surface area (Å²) in [6.07, 6.45) is 0.204. The van der Waals surface area contributed by atoms with Crippen LogP contribution in [-0.4, -0.2) is 69.9 Å². The highest BCUT2D eigenvalue weighted by atomic mass is 35.5. The average molecular weight is 531 g/mol. The number of carbonyl (C=O) groups is 5. The molecule has 2 fully saturated rings. The Balaban J connectivity index is 1.66. The Kier molecular flexibility index (Phi) is 5.71. The van der Waals surface area contributed by atoms with Gasteiger partial charge < -0.3 is 15.9 Å². The van der Waals surface area contributed by atoms with Crippen molar-refractivity contribution < 1.29 is 34.2 Å². The van der Waals surface area contributed by atoms with Crippen molar-refractivity contribution in [3.05, 3.63) is 39.7 Å². The fraction of sp³-hybridized carbons (Fsp3) is 0.400. The van der Waals surface area contributed by atoms with E-state index in [0.717, 1.165) is 4.88 Å². The van der Waals surface area contributed by atoms with Crippen LogP contribution in [-0.2, 0) is 25.6 Å². The summed E-state index contributed by atoms with van der Waals surface area (Å²) < 4.78 is 0.543. The van der Waals surface area contributed by atoms with Gasteiger partial charge in [-0.25, -0.2) is 0 Å². The lowest BCUT2D eigenvalue weighted by Gasteiger charge is -2.52. The number of hydrogen-bond acceptors (Lipinski definition) is 9. The second-order valence-electron chi connectivity index (χ2n) is 9.88. The highest BCUT2D eigenvalue weighted by Gasteiger charge is 2.69. The fourth-order valence-electron chi connectivity index (χ4n) is 6.29. The molecule has 0 radical (unpaired) electrons. The molecule has 188 valence electrons. The Hall–Kier alpha value is -2.92. The number of Topliss-reactive ketones (excluding diaryl/α,β-unsaturated/α-hetero) is 4. The van der Waals surface area contributed by atoms with Crippen LogP contribution in [0.25, 0.3) is 10.4 Å². The predicted molar refractivity (Wildman–Crippen MR) is 130 cm³/mol. The summed E-state index contributed by atoms with van der Waals surface area (Å²) in [5, 5.41) is 22.2. The topological polar surface area (TPSA) is 155 Å². The highest BCUT2D eigenvalue weighted by molar-refractivity contribution is 7.19. The maximum atomic E-state index is 13.8. The summed E-state index contributed by atoms with van der Waals surface area (Å²) in [5.41, 5.74) is 3.79. The van der Waals surface area contributed by atoms with E-state index in [9.17, 15) is 34.2 Å². The van der Waals surface area contributed by atoms with Crippen molar-refractivity contribution in [2.75, 3.05) is 14.1 Å². The van der Waals surface area contributed by atoms with E-state index in [1.165, 1.54) is 22.3 Å². The summed E-state index contributed by atoms with van der Waals surface area (Å²) in [4.78, 5) is 68.1. The molecule has 5 rings (SSSR count). The van der Waals surface area contributed by atoms with Crippen LogP contribution >= 0.6 is 22.9 Å². The van der Waals surface area contributed by atoms with Gasteiger partial charge >= 0.3 is 0 Å². The molecule has 2 aromatic rings. The van der Waals surface area contributed by atoms with E-state index in [4.69, 9.17) is 17.3 Å². The van der Waals surface area contributed by atoms with Crippen LogP contribution in [0.4, 0.5) is 0 Å². The van der Waals surface area contributed by atoms with Gasteiger partial charge in [0.25, 0.3) is 0 Å². The first-order valence-electron chi connectivity index (χ1n) is 11.3. The van der Waals surface area contributed by atoms with Crippen molar-refractivity contribution in [1.29, 1.82) is 0 Å². The van der Waals surface area contributed by atoms with Gasteiger partial charge in [0.15, 0.2) is 34.7 Å². The minimum Gasteiger partial charge on any atom is -0.507 e. The molecular weight excluding hydrogens is 508 g/mol. The lowest BCUT2D eigenvalue weighted by atomic mass is 9.52. The van der Waals surface area contributed by atoms with E-state index < -0.39 is 64.4 Å². The third-order valence-corrected chi connectivity index (χ3v) is 9.05. The zero-order chi connectivity index (χ0) is 26.3. The van der Waals surface area contributed by atoms with Crippen molar-refractivity contribution in [3.63, 3.8) is 0 Å². The predicted octanol–water partition coefficient (Wildman–Crippen LogP) is 1.25. The molecule has 3 aliphatic carbocycles. The number of nitrogens with zero attached hydrogens (tertiary/aromatic N) is 1. The van der Waals surface area contributed by atoms with Crippen molar-refractivity contribution in [1.82, 2.24) is 4.90 Å². The second kappa shape index (κ2) is 8.31. The van der Waals surface area contributed by atoms with Crippen LogP contribution in [0, 0.1) is 23.7 Å². The summed E-state index contributed by atoms with van der Waals surface area (Å²) >= 11 is 7.41. The molecule has 1 amide bonds. The van der Waals surface area contributed by atoms with Gasteiger partial charge in [-0.3, -0.25) is 28.9 Å². The third kappa shape index (κ3) is 3.25. The first-order valence-corrected chi connectivity index (χ1v) is 12.5. The van der Waals surface area contributed by atoms with Crippen LogP contribution < -0.4 is 5.73 Å². The molecule has 2 unspecified atom stereocenters. The van der Waals surface area contributed by atoms with Crippen LogP contribution in [0.15, 0.2) is 24.3 Å². The number of aromatic hydroxyl groups is 1. The lowest BCUT2D eigenvalue weighted by molar-refractivity contribution is -0.181. The molecule has 4 N–H and O–H groups in total. The number of aliphatic hydroxyl groups is 1. The van der Waals surface area contributed by atoms with Crippen LogP contribution in [0.2, 0.25) is 4.34 Å². The molecule has 1 aromatic heterocycles. The molecule has 9 nitrogen and oxygen atoms in total. The number of ketones is 4. The summed E-state index contributed by atoms with van der Waals surface area (Å²) in [7, 11) is 3.09. The van der Waals surface area contributed by atoms with Gasteiger partial charge in [0.2, 0.25) is 5.91 Å². The average Bonchev–Trinajstić information content (AvgIpc) is 3.22. The Labute approximate surface area is 214 Å². The quantitative estimate of drug-likeness (QED) is 0.501. The number of phenolic OH excluding ortho intramolecular Hbond substituents is 1. The highest BCUT2D eigenvalue weighted by Crippen LogP contribution is 2.52. The number of thiophene rings is 1. The smallest absolute Gasteiger partial charge is 0.235 e. The van der Waals surface area contributed by atoms with Gasteiger partial charge in [0.1, 0.15) is 5.75 Å². The summed E-state index contributed by atoms with van der Waals surface area (Å²) in [6, 6.07) is 5.42. The molecule has 1 aromatic carbocycles. The van der Waals surface area contributed by atoms with Gasteiger partial charge in [0, 0.05) is 10.8 Å². The minimum absolute atomic E-state index is 0.00415. The van der Waals surface area contributed by atoms with E-state index in [-0.39, 0.29) is 24.2 Å². The summed E-state index contributed by atoms with van der Waals surface area (Å²) in [6.45, 7) is 0. The minimum atomic E-state index is -2.73. The molecule has 36 heavy (non-hydrogen) atoms. The fourth-order valence-corrected chi connectivity index (χ4v) is 7.39. The monoisotopic (exact) mass is 530 g/mol.